The molecule has 0 bridgehead atoms. The highest BCUT2D eigenvalue weighted by atomic mass is 79.9. The zero-order valence-electron chi connectivity index (χ0n) is 10.5. The molecule has 4 nitrogen and oxygen atoms in total. The van der Waals surface area contributed by atoms with Crippen LogP contribution in [-0.4, -0.2) is 21.4 Å². The molecule has 1 aromatic heterocycles. The molecular formula is C13H15BrClN3O. The lowest BCUT2D eigenvalue weighted by Crippen LogP contribution is -2.22. The molecule has 0 spiro atoms. The Morgan fingerprint density at radius 2 is 2.11 bits per heavy atom. The summed E-state index contributed by atoms with van der Waals surface area (Å²) in [6, 6.07) is 7.21. The number of aliphatic hydroxyl groups excluding tert-OH is 1. The van der Waals surface area contributed by atoms with Crippen molar-refractivity contribution < 1.29 is 5.11 Å². The van der Waals surface area contributed by atoms with Crippen molar-refractivity contribution in [3.63, 3.8) is 0 Å². The molecule has 0 aliphatic heterocycles. The number of rotatable bonds is 5. The Kier molecular flexibility index (Phi) is 4.99. The Morgan fingerprint density at radius 1 is 1.42 bits per heavy atom. The van der Waals surface area contributed by atoms with Crippen molar-refractivity contribution in [2.24, 2.45) is 7.05 Å². The first-order chi connectivity index (χ1) is 9.08. The maximum atomic E-state index is 10.0. The lowest BCUT2D eigenvalue weighted by atomic mass is 10.1. The smallest absolute Gasteiger partial charge is 0.0914 e. The summed E-state index contributed by atoms with van der Waals surface area (Å²) < 4.78 is 2.76. The molecule has 1 aromatic carbocycles. The van der Waals surface area contributed by atoms with Crippen LogP contribution in [0.3, 0.4) is 0 Å². The van der Waals surface area contributed by atoms with E-state index in [1.54, 1.807) is 23.0 Å². The van der Waals surface area contributed by atoms with Crippen LogP contribution in [-0.2, 0) is 13.6 Å². The van der Waals surface area contributed by atoms with Gasteiger partial charge in [0.25, 0.3) is 0 Å². The molecule has 19 heavy (non-hydrogen) atoms. The highest BCUT2D eigenvalue weighted by Gasteiger charge is 2.09. The molecule has 2 N–H and O–H groups in total. The van der Waals surface area contributed by atoms with Crippen molar-refractivity contribution in [1.82, 2.24) is 15.1 Å². The Bertz CT molecular complexity index is 522. The molecule has 0 unspecified atom stereocenters. The Morgan fingerprint density at radius 3 is 2.68 bits per heavy atom. The molecule has 1 atom stereocenters. The number of benzene rings is 1. The van der Waals surface area contributed by atoms with Gasteiger partial charge in [-0.25, -0.2) is 0 Å². The molecule has 0 aliphatic carbocycles. The fourth-order valence-corrected chi connectivity index (χ4v) is 2.38. The molecule has 102 valence electrons. The molecule has 2 aromatic rings. The van der Waals surface area contributed by atoms with E-state index in [4.69, 9.17) is 11.6 Å². The number of aryl methyl sites for hydroxylation is 1. The summed E-state index contributed by atoms with van der Waals surface area (Å²) in [5.74, 6) is 0. The SMILES string of the molecule is Cn1ncc(Br)c1CNC[C@@H](O)c1ccc(Cl)cc1. The first-order valence-corrected chi connectivity index (χ1v) is 7.05. The van der Waals surface area contributed by atoms with Gasteiger partial charge in [-0.3, -0.25) is 4.68 Å². The molecule has 0 amide bonds. The van der Waals surface area contributed by atoms with E-state index >= 15 is 0 Å². The van der Waals surface area contributed by atoms with Gasteiger partial charge in [0.15, 0.2) is 0 Å². The summed E-state index contributed by atoms with van der Waals surface area (Å²) in [4.78, 5) is 0. The normalized spacial score (nSPS) is 12.6. The second-order valence-electron chi connectivity index (χ2n) is 4.26. The second kappa shape index (κ2) is 6.52. The van der Waals surface area contributed by atoms with Crippen molar-refractivity contribution in [2.45, 2.75) is 12.6 Å². The fraction of sp³-hybridized carbons (Fsp3) is 0.308. The van der Waals surface area contributed by atoms with E-state index < -0.39 is 6.10 Å². The molecular weight excluding hydrogens is 330 g/mol. The first kappa shape index (κ1) is 14.5. The van der Waals surface area contributed by atoms with Crippen molar-refractivity contribution in [3.05, 3.63) is 51.2 Å². The summed E-state index contributed by atoms with van der Waals surface area (Å²) >= 11 is 9.25. The van der Waals surface area contributed by atoms with Crippen LogP contribution in [0.2, 0.25) is 5.02 Å². The van der Waals surface area contributed by atoms with Gasteiger partial charge < -0.3 is 10.4 Å². The average molecular weight is 345 g/mol. The summed E-state index contributed by atoms with van der Waals surface area (Å²) in [5, 5.41) is 18.1. The number of aliphatic hydroxyl groups is 1. The minimum absolute atomic E-state index is 0.471. The van der Waals surface area contributed by atoms with Crippen LogP contribution in [0.5, 0.6) is 0 Å². The van der Waals surface area contributed by atoms with E-state index in [1.165, 1.54) is 0 Å². The quantitative estimate of drug-likeness (QED) is 0.877. The van der Waals surface area contributed by atoms with Gasteiger partial charge in [-0.15, -0.1) is 0 Å². The van der Waals surface area contributed by atoms with Crippen LogP contribution >= 0.6 is 27.5 Å². The summed E-state index contributed by atoms with van der Waals surface area (Å²) in [6.45, 7) is 1.11. The topological polar surface area (TPSA) is 50.1 Å². The van der Waals surface area contributed by atoms with E-state index in [-0.39, 0.29) is 0 Å². The molecule has 6 heteroatoms. The predicted molar refractivity (Wildman–Crippen MR) is 79.0 cm³/mol. The maximum Gasteiger partial charge on any atom is 0.0914 e. The van der Waals surface area contributed by atoms with Gasteiger partial charge in [-0.2, -0.15) is 5.10 Å². The van der Waals surface area contributed by atoms with E-state index in [0.717, 1.165) is 15.7 Å². The molecule has 0 aliphatic rings. The highest BCUT2D eigenvalue weighted by Crippen LogP contribution is 2.17. The van der Waals surface area contributed by atoms with Crippen molar-refractivity contribution >= 4 is 27.5 Å². The maximum absolute atomic E-state index is 10.0. The number of hydrogen-bond donors (Lipinski definition) is 2. The van der Waals surface area contributed by atoms with Crippen LogP contribution in [0.4, 0.5) is 0 Å². The highest BCUT2D eigenvalue weighted by molar-refractivity contribution is 9.10. The first-order valence-electron chi connectivity index (χ1n) is 5.88. The standard InChI is InChI=1S/C13H15BrClN3O/c1-18-12(11(14)6-17-18)7-16-8-13(19)9-2-4-10(15)5-3-9/h2-6,13,16,19H,7-8H2,1H3/t13-/m1/s1. The summed E-state index contributed by atoms with van der Waals surface area (Å²) in [5.41, 5.74) is 1.89. The van der Waals surface area contributed by atoms with Crippen molar-refractivity contribution in [2.75, 3.05) is 6.54 Å². The second-order valence-corrected chi connectivity index (χ2v) is 5.55. The molecule has 0 fully saturated rings. The van der Waals surface area contributed by atoms with Crippen LogP contribution in [0, 0.1) is 0 Å². The molecule has 1 heterocycles. The zero-order valence-corrected chi connectivity index (χ0v) is 12.8. The molecule has 0 saturated carbocycles. The lowest BCUT2D eigenvalue weighted by Gasteiger charge is -2.12. The Balaban J connectivity index is 1.87. The predicted octanol–water partition coefficient (Wildman–Crippen LogP) is 2.66. The third kappa shape index (κ3) is 3.79. The van der Waals surface area contributed by atoms with Gasteiger partial charge in [0, 0.05) is 25.2 Å². The van der Waals surface area contributed by atoms with Gasteiger partial charge in [-0.05, 0) is 33.6 Å². The van der Waals surface area contributed by atoms with Crippen LogP contribution in [0.25, 0.3) is 0 Å². The van der Waals surface area contributed by atoms with Gasteiger partial charge in [0.2, 0.25) is 0 Å². The van der Waals surface area contributed by atoms with E-state index in [1.807, 2.05) is 19.2 Å². The number of nitrogens with one attached hydrogen (secondary N) is 1. The third-order valence-corrected chi connectivity index (χ3v) is 3.81. The van der Waals surface area contributed by atoms with Gasteiger partial charge >= 0.3 is 0 Å². The van der Waals surface area contributed by atoms with Gasteiger partial charge in [-0.1, -0.05) is 23.7 Å². The Labute approximate surface area is 125 Å². The minimum Gasteiger partial charge on any atom is -0.387 e. The van der Waals surface area contributed by atoms with Gasteiger partial charge in [0.05, 0.1) is 22.5 Å². The van der Waals surface area contributed by atoms with Crippen LogP contribution in [0.1, 0.15) is 17.4 Å². The number of hydrogen-bond acceptors (Lipinski definition) is 3. The van der Waals surface area contributed by atoms with Crippen LogP contribution in [0.15, 0.2) is 34.9 Å². The number of halogens is 2. The molecule has 0 radical (unpaired) electrons. The zero-order chi connectivity index (χ0) is 13.8. The monoisotopic (exact) mass is 343 g/mol. The lowest BCUT2D eigenvalue weighted by molar-refractivity contribution is 0.174. The largest absolute Gasteiger partial charge is 0.387 e. The third-order valence-electron chi connectivity index (χ3n) is 2.90. The van der Waals surface area contributed by atoms with Crippen molar-refractivity contribution in [1.29, 1.82) is 0 Å². The van der Waals surface area contributed by atoms with E-state index in [2.05, 4.69) is 26.3 Å². The minimum atomic E-state index is -0.552. The van der Waals surface area contributed by atoms with E-state index in [0.29, 0.717) is 18.1 Å². The number of aromatic nitrogens is 2. The number of nitrogens with zero attached hydrogens (tertiary/aromatic N) is 2. The Hall–Kier alpha value is -0.880. The van der Waals surface area contributed by atoms with E-state index in [9.17, 15) is 5.11 Å². The molecule has 0 saturated heterocycles. The molecule has 2 rings (SSSR count). The van der Waals surface area contributed by atoms with Gasteiger partial charge in [0.1, 0.15) is 0 Å². The average Bonchev–Trinajstić information content (AvgIpc) is 2.71. The summed E-state index contributed by atoms with van der Waals surface area (Å²) in [6.07, 6.45) is 1.20. The van der Waals surface area contributed by atoms with Crippen LogP contribution < -0.4 is 5.32 Å². The fourth-order valence-electron chi connectivity index (χ4n) is 1.76. The summed E-state index contributed by atoms with van der Waals surface area (Å²) in [7, 11) is 1.89. The van der Waals surface area contributed by atoms with Crippen molar-refractivity contribution in [3.8, 4) is 0 Å².